The summed E-state index contributed by atoms with van der Waals surface area (Å²) in [5.41, 5.74) is 10.4. The zero-order valence-electron chi connectivity index (χ0n) is 25.7. The third-order valence-electron chi connectivity index (χ3n) is 9.21. The molecule has 0 saturated carbocycles. The van der Waals surface area contributed by atoms with Crippen LogP contribution < -0.4 is 0 Å². The van der Waals surface area contributed by atoms with Gasteiger partial charge in [0.2, 0.25) is 0 Å². The fourth-order valence-corrected chi connectivity index (χ4v) is 8.11. The molecule has 0 amide bonds. The molecule has 0 atom stereocenters. The number of thiophene rings is 1. The van der Waals surface area contributed by atoms with Crippen LogP contribution in [0, 0.1) is 0 Å². The molecule has 0 fully saturated rings. The fourth-order valence-electron chi connectivity index (χ4n) is 6.89. The third-order valence-corrected chi connectivity index (χ3v) is 10.4. The highest BCUT2D eigenvalue weighted by Gasteiger charge is 2.18. The first kappa shape index (κ1) is 27.0. The first-order valence-corrected chi connectivity index (χ1v) is 16.9. The number of fused-ring (bicyclic) bond motifs is 10. The molecule has 0 aliphatic heterocycles. The van der Waals surface area contributed by atoms with E-state index >= 15 is 0 Å². The minimum atomic E-state index is 0.712. The Morgan fingerprint density at radius 1 is 0.438 bits per heavy atom. The average Bonchev–Trinajstić information content (AvgIpc) is 3.75. The smallest absolute Gasteiger partial charge is 0.160 e. The van der Waals surface area contributed by atoms with Crippen molar-refractivity contribution in [3.63, 3.8) is 0 Å². The number of rotatable bonds is 4. The minimum absolute atomic E-state index is 0.712. The number of aromatic nitrogens is 4. The monoisotopic (exact) mass is 630 g/mol. The molecular weight excluding hydrogens is 605 g/mol. The largest absolute Gasteiger partial charge is 0.283 e. The van der Waals surface area contributed by atoms with Gasteiger partial charge in [0.15, 0.2) is 5.82 Å². The van der Waals surface area contributed by atoms with Crippen LogP contribution in [-0.4, -0.2) is 19.4 Å². The van der Waals surface area contributed by atoms with E-state index < -0.39 is 0 Å². The fraction of sp³-hybridized carbons (Fsp3) is 0. The Hall–Kier alpha value is -6.17. The highest BCUT2D eigenvalue weighted by molar-refractivity contribution is 7.25. The normalized spacial score (nSPS) is 11.8. The molecule has 4 nitrogen and oxygen atoms in total. The van der Waals surface area contributed by atoms with Crippen LogP contribution >= 0.6 is 11.3 Å². The van der Waals surface area contributed by atoms with Gasteiger partial charge in [-0.1, -0.05) is 127 Å². The Morgan fingerprint density at radius 2 is 1.04 bits per heavy atom. The second-order valence-electron chi connectivity index (χ2n) is 12.1. The van der Waals surface area contributed by atoms with E-state index in [1.165, 1.54) is 36.6 Å². The quantitative estimate of drug-likeness (QED) is 0.194. The van der Waals surface area contributed by atoms with Gasteiger partial charge in [-0.05, 0) is 46.8 Å². The molecule has 0 spiro atoms. The van der Waals surface area contributed by atoms with Crippen LogP contribution in [0.5, 0.6) is 0 Å². The summed E-state index contributed by atoms with van der Waals surface area (Å²) in [5, 5.41) is 4.94. The van der Waals surface area contributed by atoms with E-state index in [2.05, 4.69) is 126 Å². The van der Waals surface area contributed by atoms with Crippen molar-refractivity contribution in [3.8, 4) is 45.0 Å². The Morgan fingerprint density at radius 3 is 1.77 bits per heavy atom. The van der Waals surface area contributed by atoms with Gasteiger partial charge in [-0.2, -0.15) is 0 Å². The van der Waals surface area contributed by atoms with Crippen LogP contribution in [0.25, 0.3) is 92.8 Å². The van der Waals surface area contributed by atoms with Crippen molar-refractivity contribution >= 4 is 59.1 Å². The molecule has 10 rings (SSSR count). The Labute approximate surface area is 280 Å². The van der Waals surface area contributed by atoms with Crippen LogP contribution in [0.4, 0.5) is 0 Å². The maximum absolute atomic E-state index is 5.07. The second-order valence-corrected chi connectivity index (χ2v) is 13.1. The number of pyridine rings is 1. The molecule has 4 aromatic heterocycles. The number of nitrogens with zero attached hydrogens (tertiary/aromatic N) is 4. The summed E-state index contributed by atoms with van der Waals surface area (Å²) >= 11 is 1.83. The zero-order valence-corrected chi connectivity index (χ0v) is 26.5. The molecule has 0 unspecified atom stereocenters. The van der Waals surface area contributed by atoms with Crippen LogP contribution in [0.15, 0.2) is 158 Å². The molecule has 0 aliphatic carbocycles. The summed E-state index contributed by atoms with van der Waals surface area (Å²) in [6, 6.07) is 55.3. The van der Waals surface area contributed by atoms with Crippen molar-refractivity contribution in [1.82, 2.24) is 19.4 Å². The molecule has 6 aromatic carbocycles. The van der Waals surface area contributed by atoms with E-state index in [4.69, 9.17) is 15.0 Å². The van der Waals surface area contributed by atoms with E-state index in [1.807, 2.05) is 47.7 Å². The molecule has 0 saturated heterocycles. The lowest BCUT2D eigenvalue weighted by Gasteiger charge is -2.10. The lowest BCUT2D eigenvalue weighted by molar-refractivity contribution is 1.18. The summed E-state index contributed by atoms with van der Waals surface area (Å²) < 4.78 is 3.61. The Bertz CT molecular complexity index is 2760. The lowest BCUT2D eigenvalue weighted by atomic mass is 10.00. The lowest BCUT2D eigenvalue weighted by Crippen LogP contribution is -1.95. The van der Waals surface area contributed by atoms with E-state index in [0.29, 0.717) is 5.82 Å². The van der Waals surface area contributed by atoms with Crippen LogP contribution in [0.1, 0.15) is 0 Å². The van der Waals surface area contributed by atoms with E-state index in [1.54, 1.807) is 0 Å². The third kappa shape index (κ3) is 4.25. The summed E-state index contributed by atoms with van der Waals surface area (Å²) in [7, 11) is 0. The molecule has 0 bridgehead atoms. The van der Waals surface area contributed by atoms with Crippen molar-refractivity contribution in [3.05, 3.63) is 158 Å². The summed E-state index contributed by atoms with van der Waals surface area (Å²) in [6.45, 7) is 0. The molecule has 224 valence electrons. The Kier molecular flexibility index (Phi) is 6.01. The molecular formula is C43H26N4S. The van der Waals surface area contributed by atoms with Gasteiger partial charge in [0.1, 0.15) is 10.5 Å². The molecule has 10 aromatic rings. The number of para-hydroxylation sites is 2. The Balaban J connectivity index is 1.11. The number of imidazole rings is 1. The molecule has 0 radical (unpaired) electrons. The molecule has 0 aliphatic rings. The maximum Gasteiger partial charge on any atom is 0.160 e. The van der Waals surface area contributed by atoms with E-state index in [0.717, 1.165) is 50.3 Å². The highest BCUT2D eigenvalue weighted by Crippen LogP contribution is 2.42. The van der Waals surface area contributed by atoms with Crippen LogP contribution in [0.2, 0.25) is 0 Å². The van der Waals surface area contributed by atoms with Gasteiger partial charge in [0.25, 0.3) is 0 Å². The topological polar surface area (TPSA) is 43.1 Å². The molecule has 48 heavy (non-hydrogen) atoms. The molecule has 5 heteroatoms. The number of benzene rings is 6. The number of hydrogen-bond donors (Lipinski definition) is 0. The SMILES string of the molecule is c1ccc(-c2cc(-c3ccccc3)nc(-c3ccc(-c4ccc5sc6c(c5c4)c4ccccc4c4nc5ccccc5n46)cc3)n2)cc1. The first-order chi connectivity index (χ1) is 23.8. The number of hydrogen-bond acceptors (Lipinski definition) is 4. The van der Waals surface area contributed by atoms with Gasteiger partial charge >= 0.3 is 0 Å². The second kappa shape index (κ2) is 10.7. The van der Waals surface area contributed by atoms with Gasteiger partial charge in [-0.3, -0.25) is 4.40 Å². The summed E-state index contributed by atoms with van der Waals surface area (Å²) in [5.74, 6) is 0.712. The minimum Gasteiger partial charge on any atom is -0.283 e. The van der Waals surface area contributed by atoms with Crippen molar-refractivity contribution in [2.24, 2.45) is 0 Å². The molecule has 0 N–H and O–H groups in total. The summed E-state index contributed by atoms with van der Waals surface area (Å²) in [4.78, 5) is 16.3. The predicted octanol–water partition coefficient (Wildman–Crippen LogP) is 11.5. The van der Waals surface area contributed by atoms with Gasteiger partial charge in [0.05, 0.1) is 22.4 Å². The molecule has 4 heterocycles. The van der Waals surface area contributed by atoms with E-state index in [9.17, 15) is 0 Å². The zero-order chi connectivity index (χ0) is 31.6. The van der Waals surface area contributed by atoms with Crippen LogP contribution in [-0.2, 0) is 0 Å². The van der Waals surface area contributed by atoms with Crippen molar-refractivity contribution in [2.45, 2.75) is 0 Å². The van der Waals surface area contributed by atoms with Gasteiger partial charge in [-0.15, -0.1) is 11.3 Å². The standard InChI is InChI=1S/C43H26N4S/c1-3-11-28(12-4-1)36-26-37(29-13-5-2-6-14-29)45-41(44-36)30-21-19-27(20-22-30)31-23-24-39-34(25-31)40-32-15-7-8-16-33(32)42-46-35-17-9-10-18-38(35)47(42)43(40)48-39/h1-26H. The van der Waals surface area contributed by atoms with Crippen molar-refractivity contribution in [2.75, 3.05) is 0 Å². The van der Waals surface area contributed by atoms with Crippen molar-refractivity contribution in [1.29, 1.82) is 0 Å². The van der Waals surface area contributed by atoms with Crippen molar-refractivity contribution < 1.29 is 0 Å². The van der Waals surface area contributed by atoms with Gasteiger partial charge in [0, 0.05) is 37.5 Å². The maximum atomic E-state index is 5.07. The van der Waals surface area contributed by atoms with Gasteiger partial charge < -0.3 is 0 Å². The van der Waals surface area contributed by atoms with Gasteiger partial charge in [-0.25, -0.2) is 15.0 Å². The predicted molar refractivity (Wildman–Crippen MR) is 200 cm³/mol. The highest BCUT2D eigenvalue weighted by atomic mass is 32.1. The summed E-state index contributed by atoms with van der Waals surface area (Å²) in [6.07, 6.45) is 0. The average molecular weight is 631 g/mol. The van der Waals surface area contributed by atoms with Crippen LogP contribution in [0.3, 0.4) is 0 Å². The van der Waals surface area contributed by atoms with E-state index in [-0.39, 0.29) is 0 Å². The first-order valence-electron chi connectivity index (χ1n) is 16.0.